The SMILES string of the molecule is CCCOC(=O)c1ccc(NC(=S)Nc2ccccc2C)cc1. The van der Waals surface area contributed by atoms with Gasteiger partial charge in [-0.2, -0.15) is 0 Å². The molecule has 5 heteroatoms. The zero-order valence-corrected chi connectivity index (χ0v) is 14.1. The minimum atomic E-state index is -0.306. The maximum Gasteiger partial charge on any atom is 0.338 e. The molecule has 0 fully saturated rings. The van der Waals surface area contributed by atoms with Crippen LogP contribution >= 0.6 is 12.2 Å². The lowest BCUT2D eigenvalue weighted by molar-refractivity contribution is 0.0505. The Morgan fingerprint density at radius 1 is 1.09 bits per heavy atom. The highest BCUT2D eigenvalue weighted by Gasteiger charge is 2.07. The number of benzene rings is 2. The number of aryl methyl sites for hydroxylation is 1. The number of hydrogen-bond acceptors (Lipinski definition) is 3. The molecule has 120 valence electrons. The van der Waals surface area contributed by atoms with Crippen molar-refractivity contribution in [3.63, 3.8) is 0 Å². The predicted molar refractivity (Wildman–Crippen MR) is 98.0 cm³/mol. The van der Waals surface area contributed by atoms with E-state index in [-0.39, 0.29) is 5.97 Å². The number of hydrogen-bond donors (Lipinski definition) is 2. The summed E-state index contributed by atoms with van der Waals surface area (Å²) in [5.41, 5.74) is 3.42. The Kier molecular flexibility index (Phi) is 6.11. The Bertz CT molecular complexity index is 684. The average molecular weight is 328 g/mol. The molecule has 0 aliphatic rings. The summed E-state index contributed by atoms with van der Waals surface area (Å²) in [5, 5.41) is 6.75. The van der Waals surface area contributed by atoms with Gasteiger partial charge in [-0.1, -0.05) is 25.1 Å². The second-order valence-electron chi connectivity index (χ2n) is 5.11. The van der Waals surface area contributed by atoms with Gasteiger partial charge < -0.3 is 15.4 Å². The number of thiocarbonyl (C=S) groups is 1. The first-order chi connectivity index (χ1) is 11.1. The Hall–Kier alpha value is -2.40. The molecule has 0 bridgehead atoms. The van der Waals surface area contributed by atoms with Crippen molar-refractivity contribution in [1.82, 2.24) is 0 Å². The summed E-state index contributed by atoms with van der Waals surface area (Å²) in [6.07, 6.45) is 0.810. The van der Waals surface area contributed by atoms with Gasteiger partial charge in [0.1, 0.15) is 0 Å². The van der Waals surface area contributed by atoms with E-state index in [1.165, 1.54) is 0 Å². The molecule has 2 aromatic rings. The molecule has 2 rings (SSSR count). The summed E-state index contributed by atoms with van der Waals surface area (Å²) in [6, 6.07) is 15.0. The molecule has 0 atom stereocenters. The molecule has 0 aliphatic heterocycles. The van der Waals surface area contributed by atoms with Crippen molar-refractivity contribution < 1.29 is 9.53 Å². The van der Waals surface area contributed by atoms with Crippen molar-refractivity contribution >= 4 is 34.7 Å². The summed E-state index contributed by atoms with van der Waals surface area (Å²) in [6.45, 7) is 4.41. The standard InChI is InChI=1S/C18H20N2O2S/c1-3-12-22-17(21)14-8-10-15(11-9-14)19-18(23)20-16-7-5-4-6-13(16)2/h4-11H,3,12H2,1-2H3,(H2,19,20,23). The fourth-order valence-corrected chi connectivity index (χ4v) is 2.19. The number of esters is 1. The van der Waals surface area contributed by atoms with E-state index < -0.39 is 0 Å². The lowest BCUT2D eigenvalue weighted by Crippen LogP contribution is -2.19. The maximum absolute atomic E-state index is 11.7. The monoisotopic (exact) mass is 328 g/mol. The van der Waals surface area contributed by atoms with Crippen LogP contribution in [-0.2, 0) is 4.74 Å². The lowest BCUT2D eigenvalue weighted by Gasteiger charge is -2.12. The van der Waals surface area contributed by atoms with Crippen LogP contribution in [0.3, 0.4) is 0 Å². The third kappa shape index (κ3) is 5.07. The largest absolute Gasteiger partial charge is 0.462 e. The van der Waals surface area contributed by atoms with E-state index in [9.17, 15) is 4.79 Å². The molecule has 2 aromatic carbocycles. The van der Waals surface area contributed by atoms with Gasteiger partial charge in [0.25, 0.3) is 0 Å². The zero-order valence-electron chi connectivity index (χ0n) is 13.3. The minimum absolute atomic E-state index is 0.306. The van der Waals surface area contributed by atoms with E-state index >= 15 is 0 Å². The fourth-order valence-electron chi connectivity index (χ4n) is 1.97. The van der Waals surface area contributed by atoms with Crippen molar-refractivity contribution in [2.75, 3.05) is 17.2 Å². The third-order valence-corrected chi connectivity index (χ3v) is 3.41. The number of anilines is 2. The van der Waals surface area contributed by atoms with Gasteiger partial charge in [-0.3, -0.25) is 0 Å². The molecule has 0 aliphatic carbocycles. The molecule has 0 spiro atoms. The van der Waals surface area contributed by atoms with Gasteiger partial charge in [0.05, 0.1) is 12.2 Å². The maximum atomic E-state index is 11.7. The molecular weight excluding hydrogens is 308 g/mol. The second-order valence-corrected chi connectivity index (χ2v) is 5.52. The molecule has 0 heterocycles. The van der Waals surface area contributed by atoms with Gasteiger partial charge in [0.2, 0.25) is 0 Å². The highest BCUT2D eigenvalue weighted by molar-refractivity contribution is 7.80. The molecule has 0 saturated carbocycles. The summed E-state index contributed by atoms with van der Waals surface area (Å²) < 4.78 is 5.09. The molecular formula is C18H20N2O2S. The van der Waals surface area contributed by atoms with Crippen LogP contribution < -0.4 is 10.6 Å². The minimum Gasteiger partial charge on any atom is -0.462 e. The van der Waals surface area contributed by atoms with E-state index in [4.69, 9.17) is 17.0 Å². The molecule has 4 nitrogen and oxygen atoms in total. The molecule has 23 heavy (non-hydrogen) atoms. The quantitative estimate of drug-likeness (QED) is 0.630. The average Bonchev–Trinajstić information content (AvgIpc) is 2.55. The fraction of sp³-hybridized carbons (Fsp3) is 0.222. The summed E-state index contributed by atoms with van der Waals surface area (Å²) >= 11 is 5.31. The van der Waals surface area contributed by atoms with E-state index in [1.54, 1.807) is 24.3 Å². The molecule has 0 radical (unpaired) electrons. The highest BCUT2D eigenvalue weighted by atomic mass is 32.1. The number of carbonyl (C=O) groups is 1. The Balaban J connectivity index is 1.94. The Morgan fingerprint density at radius 3 is 2.43 bits per heavy atom. The van der Waals surface area contributed by atoms with Gasteiger partial charge in [0, 0.05) is 11.4 Å². The van der Waals surface area contributed by atoms with Crippen LogP contribution in [0.4, 0.5) is 11.4 Å². The molecule has 0 unspecified atom stereocenters. The van der Waals surface area contributed by atoms with Crippen LogP contribution in [-0.4, -0.2) is 17.7 Å². The van der Waals surface area contributed by atoms with E-state index in [2.05, 4.69) is 10.6 Å². The smallest absolute Gasteiger partial charge is 0.338 e. The van der Waals surface area contributed by atoms with Crippen molar-refractivity contribution in [2.45, 2.75) is 20.3 Å². The molecule has 0 amide bonds. The van der Waals surface area contributed by atoms with Gasteiger partial charge in [-0.15, -0.1) is 0 Å². The van der Waals surface area contributed by atoms with E-state index in [0.29, 0.717) is 17.3 Å². The van der Waals surface area contributed by atoms with Crippen molar-refractivity contribution in [2.24, 2.45) is 0 Å². The van der Waals surface area contributed by atoms with Crippen LogP contribution in [0.25, 0.3) is 0 Å². The van der Waals surface area contributed by atoms with Gasteiger partial charge in [0.15, 0.2) is 5.11 Å². The topological polar surface area (TPSA) is 50.4 Å². The van der Waals surface area contributed by atoms with Gasteiger partial charge in [-0.25, -0.2) is 4.79 Å². The molecule has 0 aromatic heterocycles. The summed E-state index contributed by atoms with van der Waals surface area (Å²) in [4.78, 5) is 11.7. The first-order valence-corrected chi connectivity index (χ1v) is 7.92. The molecule has 0 saturated heterocycles. The summed E-state index contributed by atoms with van der Waals surface area (Å²) in [7, 11) is 0. The number of rotatable bonds is 5. The lowest BCUT2D eigenvalue weighted by atomic mass is 10.2. The van der Waals surface area contributed by atoms with Crippen LogP contribution in [0.5, 0.6) is 0 Å². The van der Waals surface area contributed by atoms with E-state index in [0.717, 1.165) is 23.4 Å². The highest BCUT2D eigenvalue weighted by Crippen LogP contribution is 2.15. The number of carbonyl (C=O) groups excluding carboxylic acids is 1. The van der Waals surface area contributed by atoms with E-state index in [1.807, 2.05) is 38.1 Å². The normalized spacial score (nSPS) is 10.0. The predicted octanol–water partition coefficient (Wildman–Crippen LogP) is 4.37. The molecule has 2 N–H and O–H groups in total. The second kappa shape index (κ2) is 8.29. The van der Waals surface area contributed by atoms with Crippen LogP contribution in [0.2, 0.25) is 0 Å². The third-order valence-electron chi connectivity index (χ3n) is 3.21. The van der Waals surface area contributed by atoms with Crippen molar-refractivity contribution in [1.29, 1.82) is 0 Å². The number of para-hydroxylation sites is 1. The Morgan fingerprint density at radius 2 is 1.78 bits per heavy atom. The van der Waals surface area contributed by atoms with Gasteiger partial charge >= 0.3 is 5.97 Å². The van der Waals surface area contributed by atoms with Crippen LogP contribution in [0, 0.1) is 6.92 Å². The van der Waals surface area contributed by atoms with Crippen molar-refractivity contribution in [3.8, 4) is 0 Å². The first-order valence-electron chi connectivity index (χ1n) is 7.51. The van der Waals surface area contributed by atoms with Crippen LogP contribution in [0.15, 0.2) is 48.5 Å². The first kappa shape index (κ1) is 17.0. The number of nitrogens with one attached hydrogen (secondary N) is 2. The van der Waals surface area contributed by atoms with Crippen molar-refractivity contribution in [3.05, 3.63) is 59.7 Å². The van der Waals surface area contributed by atoms with Gasteiger partial charge in [-0.05, 0) is 61.5 Å². The van der Waals surface area contributed by atoms with Crippen LogP contribution in [0.1, 0.15) is 29.3 Å². The Labute approximate surface area is 141 Å². The summed E-state index contributed by atoms with van der Waals surface area (Å²) in [5.74, 6) is -0.306. The zero-order chi connectivity index (χ0) is 16.7. The number of ether oxygens (including phenoxy) is 1.